The number of aromatic nitrogens is 3. The third-order valence-electron chi connectivity index (χ3n) is 5.77. The molecule has 3 aromatic rings. The second kappa shape index (κ2) is 9.74. The molecule has 30 heavy (non-hydrogen) atoms. The van der Waals surface area contributed by atoms with Crippen LogP contribution in [0, 0.1) is 0 Å². The van der Waals surface area contributed by atoms with E-state index in [-0.39, 0.29) is 0 Å². The lowest BCUT2D eigenvalue weighted by atomic mass is 10.1. The Hall–Kier alpha value is -2.89. The van der Waals surface area contributed by atoms with Crippen LogP contribution in [0.4, 0.5) is 0 Å². The first-order valence-corrected chi connectivity index (χ1v) is 10.7. The zero-order valence-electron chi connectivity index (χ0n) is 18.0. The highest BCUT2D eigenvalue weighted by molar-refractivity contribution is 5.71. The minimum absolute atomic E-state index is 0.931. The summed E-state index contributed by atoms with van der Waals surface area (Å²) < 4.78 is 2.09. The van der Waals surface area contributed by atoms with Gasteiger partial charge in [-0.3, -0.25) is 5.10 Å². The monoisotopic (exact) mass is 401 g/mol. The van der Waals surface area contributed by atoms with Crippen molar-refractivity contribution in [2.75, 3.05) is 39.8 Å². The summed E-state index contributed by atoms with van der Waals surface area (Å²) in [5.41, 5.74) is 5.69. The van der Waals surface area contributed by atoms with Crippen molar-refractivity contribution >= 4 is 24.3 Å². The second-order valence-electron chi connectivity index (χ2n) is 8.10. The van der Waals surface area contributed by atoms with E-state index < -0.39 is 0 Å². The van der Waals surface area contributed by atoms with Gasteiger partial charge in [0.1, 0.15) is 0 Å². The summed E-state index contributed by atoms with van der Waals surface area (Å²) >= 11 is 0. The number of rotatable bonds is 7. The van der Waals surface area contributed by atoms with Crippen molar-refractivity contribution in [3.8, 4) is 0 Å². The number of nitrogens with zero attached hydrogens (tertiary/aromatic N) is 4. The average Bonchev–Trinajstić information content (AvgIpc) is 3.39. The molecule has 2 aromatic heterocycles. The van der Waals surface area contributed by atoms with E-state index in [4.69, 9.17) is 0 Å². The standard InChI is InChI=1S/C25H31N5/c1-28-16-18-30(19-17-28)15-13-22-7-5-21(6-8-22)9-10-23-20-24(27-26-23)11-12-25-4-3-14-29(25)2/h3-12,14,20H,13,15-19H2,1-2H3,(H,26,27)/b10-9+,12-11+. The Labute approximate surface area is 179 Å². The van der Waals surface area contributed by atoms with Gasteiger partial charge in [-0.15, -0.1) is 0 Å². The topological polar surface area (TPSA) is 40.1 Å². The number of piperazine rings is 1. The third kappa shape index (κ3) is 5.59. The molecule has 1 N–H and O–H groups in total. The first-order valence-electron chi connectivity index (χ1n) is 10.7. The molecular weight excluding hydrogens is 370 g/mol. The van der Waals surface area contributed by atoms with Crippen molar-refractivity contribution in [1.29, 1.82) is 0 Å². The summed E-state index contributed by atoms with van der Waals surface area (Å²) in [4.78, 5) is 4.97. The van der Waals surface area contributed by atoms with Gasteiger partial charge in [0.2, 0.25) is 0 Å². The van der Waals surface area contributed by atoms with Gasteiger partial charge in [-0.25, -0.2) is 0 Å². The number of nitrogens with one attached hydrogen (secondary N) is 1. The number of H-pyrrole nitrogens is 1. The van der Waals surface area contributed by atoms with Crippen LogP contribution in [-0.2, 0) is 13.5 Å². The van der Waals surface area contributed by atoms with Crippen LogP contribution in [0.3, 0.4) is 0 Å². The zero-order valence-corrected chi connectivity index (χ0v) is 18.0. The van der Waals surface area contributed by atoms with E-state index in [9.17, 15) is 0 Å². The molecule has 0 radical (unpaired) electrons. The fourth-order valence-corrected chi connectivity index (χ4v) is 3.68. The van der Waals surface area contributed by atoms with Gasteiger partial charge in [0.05, 0.1) is 11.4 Å². The third-order valence-corrected chi connectivity index (χ3v) is 5.77. The van der Waals surface area contributed by atoms with Gasteiger partial charge in [-0.2, -0.15) is 5.10 Å². The summed E-state index contributed by atoms with van der Waals surface area (Å²) in [6.07, 6.45) is 11.5. The van der Waals surface area contributed by atoms with E-state index >= 15 is 0 Å². The molecule has 156 valence electrons. The van der Waals surface area contributed by atoms with E-state index in [1.165, 1.54) is 37.3 Å². The Balaban J connectivity index is 1.28. The van der Waals surface area contributed by atoms with Gasteiger partial charge in [-0.05, 0) is 61.0 Å². The lowest BCUT2D eigenvalue weighted by Gasteiger charge is -2.32. The summed E-state index contributed by atoms with van der Waals surface area (Å²) in [7, 11) is 4.24. The van der Waals surface area contributed by atoms with E-state index in [0.29, 0.717) is 0 Å². The molecule has 0 spiro atoms. The Morgan fingerprint density at radius 2 is 1.73 bits per heavy atom. The predicted octanol–water partition coefficient (Wildman–Crippen LogP) is 3.88. The fraction of sp³-hybridized carbons (Fsp3) is 0.320. The lowest BCUT2D eigenvalue weighted by Crippen LogP contribution is -2.45. The highest BCUT2D eigenvalue weighted by Crippen LogP contribution is 2.12. The highest BCUT2D eigenvalue weighted by atomic mass is 15.2. The number of aromatic amines is 1. The first kappa shape index (κ1) is 20.4. The summed E-state index contributed by atoms with van der Waals surface area (Å²) in [5, 5.41) is 7.46. The molecule has 0 aliphatic carbocycles. The minimum atomic E-state index is 0.931. The Bertz CT molecular complexity index is 985. The minimum Gasteiger partial charge on any atom is -0.351 e. The molecule has 1 aliphatic rings. The number of aryl methyl sites for hydroxylation is 1. The van der Waals surface area contributed by atoms with Crippen LogP contribution in [0.15, 0.2) is 48.7 Å². The molecule has 5 heteroatoms. The van der Waals surface area contributed by atoms with Gasteiger partial charge < -0.3 is 14.4 Å². The van der Waals surface area contributed by atoms with Crippen molar-refractivity contribution in [3.05, 3.63) is 76.9 Å². The fourth-order valence-electron chi connectivity index (χ4n) is 3.68. The first-order chi connectivity index (χ1) is 14.7. The largest absolute Gasteiger partial charge is 0.351 e. The molecule has 0 amide bonds. The maximum absolute atomic E-state index is 4.38. The van der Waals surface area contributed by atoms with Crippen LogP contribution in [-0.4, -0.2) is 64.3 Å². The molecule has 3 heterocycles. The summed E-state index contributed by atoms with van der Waals surface area (Å²) in [6, 6.07) is 15.1. The Morgan fingerprint density at radius 3 is 2.47 bits per heavy atom. The number of hydrogen-bond acceptors (Lipinski definition) is 3. The number of hydrogen-bond donors (Lipinski definition) is 1. The molecular formula is C25H31N5. The van der Waals surface area contributed by atoms with E-state index in [2.05, 4.69) is 92.3 Å². The van der Waals surface area contributed by atoms with Crippen LogP contribution in [0.2, 0.25) is 0 Å². The average molecular weight is 402 g/mol. The Morgan fingerprint density at radius 1 is 0.933 bits per heavy atom. The lowest BCUT2D eigenvalue weighted by molar-refractivity contribution is 0.155. The summed E-state index contributed by atoms with van der Waals surface area (Å²) in [6.45, 7) is 5.88. The highest BCUT2D eigenvalue weighted by Gasteiger charge is 2.12. The van der Waals surface area contributed by atoms with Crippen LogP contribution >= 0.6 is 0 Å². The molecule has 0 bridgehead atoms. The van der Waals surface area contributed by atoms with Crippen molar-refractivity contribution < 1.29 is 0 Å². The number of likely N-dealkylation sites (N-methyl/N-ethyl adjacent to an activating group) is 1. The molecule has 0 unspecified atom stereocenters. The predicted molar refractivity (Wildman–Crippen MR) is 126 cm³/mol. The van der Waals surface area contributed by atoms with Crippen molar-refractivity contribution in [2.24, 2.45) is 7.05 Å². The number of benzene rings is 1. The Kier molecular flexibility index (Phi) is 6.62. The maximum atomic E-state index is 4.38. The van der Waals surface area contributed by atoms with E-state index in [1.807, 2.05) is 19.3 Å². The summed E-state index contributed by atoms with van der Waals surface area (Å²) in [5.74, 6) is 0. The smallest absolute Gasteiger partial charge is 0.0854 e. The van der Waals surface area contributed by atoms with E-state index in [1.54, 1.807) is 0 Å². The molecule has 0 atom stereocenters. The molecule has 1 fully saturated rings. The molecule has 0 saturated carbocycles. The van der Waals surface area contributed by atoms with Crippen LogP contribution in [0.25, 0.3) is 24.3 Å². The molecule has 1 aromatic carbocycles. The van der Waals surface area contributed by atoms with Gasteiger partial charge in [-0.1, -0.05) is 30.3 Å². The SMILES string of the molecule is CN1CCN(CCc2ccc(/C=C/c3cc(/C=C/c4cccn4C)[nH]n3)cc2)CC1. The quantitative estimate of drug-likeness (QED) is 0.653. The van der Waals surface area contributed by atoms with Gasteiger partial charge in [0.15, 0.2) is 0 Å². The van der Waals surface area contributed by atoms with Crippen LogP contribution in [0.5, 0.6) is 0 Å². The molecule has 4 rings (SSSR count). The van der Waals surface area contributed by atoms with Gasteiger partial charge >= 0.3 is 0 Å². The van der Waals surface area contributed by atoms with E-state index in [0.717, 1.165) is 30.0 Å². The normalized spacial score (nSPS) is 16.2. The van der Waals surface area contributed by atoms with Crippen LogP contribution < -0.4 is 0 Å². The maximum Gasteiger partial charge on any atom is 0.0854 e. The van der Waals surface area contributed by atoms with Crippen LogP contribution in [0.1, 0.15) is 28.2 Å². The second-order valence-corrected chi connectivity index (χ2v) is 8.10. The zero-order chi connectivity index (χ0) is 20.8. The van der Waals surface area contributed by atoms with Gasteiger partial charge in [0.25, 0.3) is 0 Å². The molecule has 1 saturated heterocycles. The van der Waals surface area contributed by atoms with Crippen molar-refractivity contribution in [3.63, 3.8) is 0 Å². The molecule has 1 aliphatic heterocycles. The van der Waals surface area contributed by atoms with Crippen molar-refractivity contribution in [1.82, 2.24) is 24.6 Å². The van der Waals surface area contributed by atoms with Gasteiger partial charge in [0, 0.05) is 51.7 Å². The van der Waals surface area contributed by atoms with Crippen molar-refractivity contribution in [2.45, 2.75) is 6.42 Å². The molecule has 5 nitrogen and oxygen atoms in total.